The summed E-state index contributed by atoms with van der Waals surface area (Å²) in [5, 5.41) is 13.7. The van der Waals surface area contributed by atoms with Gasteiger partial charge < -0.3 is 20.1 Å². The van der Waals surface area contributed by atoms with Gasteiger partial charge in [-0.1, -0.05) is 48.6 Å². The van der Waals surface area contributed by atoms with Gasteiger partial charge in [0.1, 0.15) is 0 Å². The molecule has 0 amide bonds. The number of aliphatic hydroxyl groups excluding tert-OH is 1. The van der Waals surface area contributed by atoms with Crippen molar-refractivity contribution in [1.82, 2.24) is 10.2 Å². The molecule has 2 unspecified atom stereocenters. The van der Waals surface area contributed by atoms with Crippen LogP contribution in [-0.4, -0.2) is 48.9 Å². The lowest BCUT2D eigenvalue weighted by Crippen LogP contribution is -2.45. The molecule has 1 saturated heterocycles. The van der Waals surface area contributed by atoms with Crippen LogP contribution >= 0.6 is 0 Å². The Morgan fingerprint density at radius 2 is 2.00 bits per heavy atom. The highest BCUT2D eigenvalue weighted by Crippen LogP contribution is 2.21. The molecule has 4 nitrogen and oxygen atoms in total. The fourth-order valence-electron chi connectivity index (χ4n) is 2.99. The van der Waals surface area contributed by atoms with Crippen molar-refractivity contribution >= 4 is 5.57 Å². The summed E-state index contributed by atoms with van der Waals surface area (Å²) in [4.78, 5) is 2.19. The minimum absolute atomic E-state index is 0.00325. The molecule has 1 aromatic rings. The molecule has 0 saturated carbocycles. The maximum Gasteiger partial charge on any atom is 0.187 e. The van der Waals surface area contributed by atoms with Gasteiger partial charge in [0.25, 0.3) is 0 Å². The van der Waals surface area contributed by atoms with Gasteiger partial charge in [-0.25, -0.2) is 0 Å². The van der Waals surface area contributed by atoms with Gasteiger partial charge in [0.15, 0.2) is 5.88 Å². The second kappa shape index (κ2) is 8.18. The zero-order valence-electron chi connectivity index (χ0n) is 14.2. The first-order valence-electron chi connectivity index (χ1n) is 8.63. The minimum atomic E-state index is -0.495. The molecule has 0 spiro atoms. The molecular formula is C20H26N2O2. The molecule has 0 radical (unpaired) electrons. The van der Waals surface area contributed by atoms with Crippen molar-refractivity contribution in [2.45, 2.75) is 13.0 Å². The number of nitrogens with zero attached hydrogens (tertiary/aromatic N) is 1. The number of piperazine rings is 1. The molecule has 24 heavy (non-hydrogen) atoms. The summed E-state index contributed by atoms with van der Waals surface area (Å²) in [5.41, 5.74) is 2.42. The van der Waals surface area contributed by atoms with E-state index >= 15 is 0 Å². The van der Waals surface area contributed by atoms with Gasteiger partial charge in [-0.05, 0) is 18.1 Å². The fraction of sp³-hybridized carbons (Fsp3) is 0.400. The average molecular weight is 326 g/mol. The van der Waals surface area contributed by atoms with Crippen LogP contribution in [0.3, 0.4) is 0 Å². The smallest absolute Gasteiger partial charge is 0.187 e. The molecule has 2 aliphatic heterocycles. The van der Waals surface area contributed by atoms with Crippen LogP contribution in [0.25, 0.3) is 5.57 Å². The Morgan fingerprint density at radius 3 is 2.71 bits per heavy atom. The van der Waals surface area contributed by atoms with E-state index in [4.69, 9.17) is 4.74 Å². The topological polar surface area (TPSA) is 44.7 Å². The normalized spacial score (nSPS) is 25.5. The van der Waals surface area contributed by atoms with Crippen molar-refractivity contribution in [3.63, 3.8) is 0 Å². The monoisotopic (exact) mass is 326 g/mol. The zero-order valence-corrected chi connectivity index (χ0v) is 14.2. The standard InChI is InChI=1S/C20H26N2O2/c1-16(17-7-3-2-4-8-17)6-5-9-18-15-24-20(14-19(18)23)22-12-10-21-11-13-22/h2-9,14,18-19,21,23H,10-13,15H2,1H3. The van der Waals surface area contributed by atoms with Gasteiger partial charge in [0, 0.05) is 38.2 Å². The van der Waals surface area contributed by atoms with Gasteiger partial charge in [-0.2, -0.15) is 0 Å². The third-order valence-electron chi connectivity index (χ3n) is 4.54. The third-order valence-corrected chi connectivity index (χ3v) is 4.54. The van der Waals surface area contributed by atoms with Crippen LogP contribution in [0.15, 0.2) is 60.5 Å². The summed E-state index contributed by atoms with van der Waals surface area (Å²) >= 11 is 0. The number of allylic oxidation sites excluding steroid dienone is 3. The summed E-state index contributed by atoms with van der Waals surface area (Å²) in [6.45, 7) is 6.39. The van der Waals surface area contributed by atoms with E-state index in [1.165, 1.54) is 11.1 Å². The molecular weight excluding hydrogens is 300 g/mol. The first kappa shape index (κ1) is 16.8. The Balaban J connectivity index is 1.59. The number of benzene rings is 1. The number of aliphatic hydroxyl groups is 1. The molecule has 2 heterocycles. The molecule has 0 aromatic heterocycles. The number of nitrogens with one attached hydrogen (secondary N) is 1. The molecule has 128 valence electrons. The van der Waals surface area contributed by atoms with Crippen molar-refractivity contribution in [1.29, 1.82) is 0 Å². The van der Waals surface area contributed by atoms with Crippen LogP contribution in [0, 0.1) is 5.92 Å². The van der Waals surface area contributed by atoms with E-state index in [2.05, 4.69) is 35.3 Å². The lowest BCUT2D eigenvalue weighted by molar-refractivity contribution is 0.0289. The third kappa shape index (κ3) is 4.28. The van der Waals surface area contributed by atoms with Gasteiger partial charge in [0.05, 0.1) is 12.7 Å². The first-order chi connectivity index (χ1) is 11.7. The summed E-state index contributed by atoms with van der Waals surface area (Å²) in [6.07, 6.45) is 7.48. The zero-order chi connectivity index (χ0) is 16.8. The molecule has 1 aromatic carbocycles. The molecule has 3 rings (SSSR count). The van der Waals surface area contributed by atoms with E-state index < -0.39 is 6.10 Å². The predicted molar refractivity (Wildman–Crippen MR) is 97.2 cm³/mol. The lowest BCUT2D eigenvalue weighted by Gasteiger charge is -2.35. The minimum Gasteiger partial charge on any atom is -0.478 e. The molecule has 0 bridgehead atoms. The molecule has 0 aliphatic carbocycles. The summed E-state index contributed by atoms with van der Waals surface area (Å²) < 4.78 is 5.87. The maximum absolute atomic E-state index is 10.4. The largest absolute Gasteiger partial charge is 0.478 e. The highest BCUT2D eigenvalue weighted by atomic mass is 16.5. The predicted octanol–water partition coefficient (Wildman–Crippen LogP) is 2.40. The Kier molecular flexibility index (Phi) is 5.72. The van der Waals surface area contributed by atoms with Gasteiger partial charge in [-0.3, -0.25) is 0 Å². The second-order valence-electron chi connectivity index (χ2n) is 6.31. The highest BCUT2D eigenvalue weighted by molar-refractivity contribution is 5.64. The second-order valence-corrected chi connectivity index (χ2v) is 6.31. The van der Waals surface area contributed by atoms with E-state index in [9.17, 15) is 5.11 Å². The quantitative estimate of drug-likeness (QED) is 0.834. The van der Waals surface area contributed by atoms with Crippen LogP contribution in [0.4, 0.5) is 0 Å². The molecule has 4 heteroatoms. The molecule has 2 N–H and O–H groups in total. The van der Waals surface area contributed by atoms with Crippen molar-refractivity contribution in [2.75, 3.05) is 32.8 Å². The van der Waals surface area contributed by atoms with E-state index in [-0.39, 0.29) is 5.92 Å². The number of rotatable bonds is 4. The number of ether oxygens (including phenoxy) is 1. The van der Waals surface area contributed by atoms with Crippen LogP contribution in [-0.2, 0) is 4.74 Å². The lowest BCUT2D eigenvalue weighted by atomic mass is 10.00. The first-order valence-corrected chi connectivity index (χ1v) is 8.63. The number of hydrogen-bond acceptors (Lipinski definition) is 4. The van der Waals surface area contributed by atoms with Crippen molar-refractivity contribution in [3.05, 3.63) is 66.1 Å². The van der Waals surface area contributed by atoms with Crippen molar-refractivity contribution in [3.8, 4) is 0 Å². The SMILES string of the molecule is CC(=CC=CC1COC(N2CCNCC2)=CC1O)c1ccccc1. The van der Waals surface area contributed by atoms with Crippen LogP contribution in [0.1, 0.15) is 12.5 Å². The summed E-state index contributed by atoms with van der Waals surface area (Å²) in [7, 11) is 0. The molecule has 1 fully saturated rings. The Bertz CT molecular complexity index is 616. The maximum atomic E-state index is 10.4. The van der Waals surface area contributed by atoms with Crippen molar-refractivity contribution < 1.29 is 9.84 Å². The highest BCUT2D eigenvalue weighted by Gasteiger charge is 2.25. The van der Waals surface area contributed by atoms with E-state index in [1.807, 2.05) is 36.4 Å². The Hall–Kier alpha value is -2.04. The summed E-state index contributed by atoms with van der Waals surface area (Å²) in [5.74, 6) is 0.821. The summed E-state index contributed by atoms with van der Waals surface area (Å²) in [6, 6.07) is 10.3. The Morgan fingerprint density at radius 1 is 1.25 bits per heavy atom. The van der Waals surface area contributed by atoms with Crippen LogP contribution < -0.4 is 5.32 Å². The van der Waals surface area contributed by atoms with E-state index in [0.717, 1.165) is 32.1 Å². The average Bonchev–Trinajstić information content (AvgIpc) is 2.64. The van der Waals surface area contributed by atoms with E-state index in [0.29, 0.717) is 6.61 Å². The van der Waals surface area contributed by atoms with Gasteiger partial charge in [-0.15, -0.1) is 0 Å². The number of hydrogen-bond donors (Lipinski definition) is 2. The Labute approximate surface area is 144 Å². The van der Waals surface area contributed by atoms with Gasteiger partial charge in [0.2, 0.25) is 0 Å². The van der Waals surface area contributed by atoms with Crippen LogP contribution in [0.5, 0.6) is 0 Å². The fourth-order valence-corrected chi connectivity index (χ4v) is 2.99. The van der Waals surface area contributed by atoms with E-state index in [1.54, 1.807) is 0 Å². The molecule has 2 aliphatic rings. The van der Waals surface area contributed by atoms with Crippen LogP contribution in [0.2, 0.25) is 0 Å². The van der Waals surface area contributed by atoms with Gasteiger partial charge >= 0.3 is 0 Å². The van der Waals surface area contributed by atoms with Crippen molar-refractivity contribution in [2.24, 2.45) is 5.92 Å². The molecule has 2 atom stereocenters.